The van der Waals surface area contributed by atoms with Gasteiger partial charge in [0.25, 0.3) is 0 Å². The van der Waals surface area contributed by atoms with E-state index in [0.717, 1.165) is 22.8 Å². The van der Waals surface area contributed by atoms with E-state index in [4.69, 9.17) is 35.3 Å². The van der Waals surface area contributed by atoms with Crippen LogP contribution in [0.5, 0.6) is 28.7 Å². The van der Waals surface area contributed by atoms with Crippen molar-refractivity contribution < 1.29 is 23.7 Å². The molecule has 0 amide bonds. The second-order valence-corrected chi connectivity index (χ2v) is 6.05. The Balaban J connectivity index is 1.25. The highest BCUT2D eigenvalue weighted by Gasteiger charge is 2.16. The van der Waals surface area contributed by atoms with Gasteiger partial charge in [0.2, 0.25) is 6.79 Å². The van der Waals surface area contributed by atoms with Crippen molar-refractivity contribution in [1.82, 2.24) is 5.32 Å². The van der Waals surface area contributed by atoms with Crippen LogP contribution in [0.1, 0.15) is 5.56 Å². The number of ether oxygens (including phenoxy) is 5. The molecule has 2 aliphatic heterocycles. The van der Waals surface area contributed by atoms with E-state index >= 15 is 0 Å². The summed E-state index contributed by atoms with van der Waals surface area (Å²) in [5.41, 5.74) is 1.04. The van der Waals surface area contributed by atoms with Gasteiger partial charge in [0.05, 0.1) is 5.02 Å². The van der Waals surface area contributed by atoms with E-state index < -0.39 is 0 Å². The topological polar surface area (TPSA) is 58.2 Å². The molecule has 2 aromatic carbocycles. The van der Waals surface area contributed by atoms with Crippen molar-refractivity contribution in [3.63, 3.8) is 0 Å². The molecule has 0 saturated carbocycles. The van der Waals surface area contributed by atoms with Crippen molar-refractivity contribution in [3.8, 4) is 28.7 Å². The SMILES string of the molecule is Clc1cc(CNCCOc2ccc3c(c2)OCO3)cc2c1OCCO2. The van der Waals surface area contributed by atoms with Gasteiger partial charge in [-0.05, 0) is 29.8 Å². The van der Waals surface area contributed by atoms with Crippen molar-refractivity contribution in [2.75, 3.05) is 33.2 Å². The zero-order chi connectivity index (χ0) is 17.1. The zero-order valence-electron chi connectivity index (χ0n) is 13.5. The smallest absolute Gasteiger partial charge is 0.231 e. The first-order valence-electron chi connectivity index (χ1n) is 8.11. The summed E-state index contributed by atoms with van der Waals surface area (Å²) in [6, 6.07) is 9.39. The molecule has 0 atom stereocenters. The van der Waals surface area contributed by atoms with Gasteiger partial charge in [0.15, 0.2) is 23.0 Å². The minimum atomic E-state index is 0.262. The predicted molar refractivity (Wildman–Crippen MR) is 92.2 cm³/mol. The second-order valence-electron chi connectivity index (χ2n) is 5.64. The van der Waals surface area contributed by atoms with Crippen molar-refractivity contribution in [2.45, 2.75) is 6.54 Å². The maximum Gasteiger partial charge on any atom is 0.231 e. The Morgan fingerprint density at radius 1 is 0.960 bits per heavy atom. The van der Waals surface area contributed by atoms with Gasteiger partial charge in [0, 0.05) is 19.2 Å². The lowest BCUT2D eigenvalue weighted by atomic mass is 10.2. The van der Waals surface area contributed by atoms with Gasteiger partial charge in [-0.15, -0.1) is 0 Å². The number of fused-ring (bicyclic) bond motifs is 2. The van der Waals surface area contributed by atoms with Gasteiger partial charge in [-0.2, -0.15) is 0 Å². The lowest BCUT2D eigenvalue weighted by Crippen LogP contribution is -2.21. The number of hydrogen-bond acceptors (Lipinski definition) is 6. The fraction of sp³-hybridized carbons (Fsp3) is 0.333. The molecule has 132 valence electrons. The summed E-state index contributed by atoms with van der Waals surface area (Å²) in [5, 5.41) is 3.90. The van der Waals surface area contributed by atoms with E-state index in [0.29, 0.717) is 49.4 Å². The summed E-state index contributed by atoms with van der Waals surface area (Å²) in [6.07, 6.45) is 0. The fourth-order valence-electron chi connectivity index (χ4n) is 2.71. The van der Waals surface area contributed by atoms with E-state index in [1.54, 1.807) is 0 Å². The normalized spacial score (nSPS) is 14.4. The molecule has 0 unspecified atom stereocenters. The quantitative estimate of drug-likeness (QED) is 0.796. The molecule has 2 heterocycles. The number of hydrogen-bond donors (Lipinski definition) is 1. The van der Waals surface area contributed by atoms with Crippen LogP contribution in [0.4, 0.5) is 0 Å². The van der Waals surface area contributed by atoms with Gasteiger partial charge < -0.3 is 29.0 Å². The van der Waals surface area contributed by atoms with Gasteiger partial charge in [-0.1, -0.05) is 11.6 Å². The Morgan fingerprint density at radius 2 is 1.84 bits per heavy atom. The Hall–Kier alpha value is -2.31. The second kappa shape index (κ2) is 7.29. The predicted octanol–water partition coefficient (Wildman–Crippen LogP) is 3.01. The molecular formula is C18H18ClNO5. The highest BCUT2D eigenvalue weighted by atomic mass is 35.5. The first-order valence-corrected chi connectivity index (χ1v) is 8.48. The molecule has 6 nitrogen and oxygen atoms in total. The summed E-state index contributed by atoms with van der Waals surface area (Å²) < 4.78 is 27.4. The van der Waals surface area contributed by atoms with Crippen LogP contribution >= 0.6 is 11.6 Å². The molecule has 7 heteroatoms. The minimum absolute atomic E-state index is 0.262. The maximum atomic E-state index is 6.23. The Morgan fingerprint density at radius 3 is 2.80 bits per heavy atom. The van der Waals surface area contributed by atoms with Crippen molar-refractivity contribution >= 4 is 11.6 Å². The lowest BCUT2D eigenvalue weighted by Gasteiger charge is -2.20. The molecule has 0 fully saturated rings. The van der Waals surface area contributed by atoms with Crippen LogP contribution in [0.3, 0.4) is 0 Å². The third-order valence-electron chi connectivity index (χ3n) is 3.88. The van der Waals surface area contributed by atoms with Crippen LogP contribution in [0.25, 0.3) is 0 Å². The van der Waals surface area contributed by atoms with Crippen molar-refractivity contribution in [2.24, 2.45) is 0 Å². The lowest BCUT2D eigenvalue weighted by molar-refractivity contribution is 0.171. The average molecular weight is 364 g/mol. The number of halogens is 1. The van der Waals surface area contributed by atoms with Gasteiger partial charge in [-0.3, -0.25) is 0 Å². The average Bonchev–Trinajstić information content (AvgIpc) is 3.09. The molecule has 25 heavy (non-hydrogen) atoms. The molecule has 2 aliphatic rings. The molecule has 2 aromatic rings. The highest BCUT2D eigenvalue weighted by Crippen LogP contribution is 2.38. The third-order valence-corrected chi connectivity index (χ3v) is 4.16. The third kappa shape index (κ3) is 3.70. The zero-order valence-corrected chi connectivity index (χ0v) is 14.3. The number of nitrogens with one attached hydrogen (secondary N) is 1. The highest BCUT2D eigenvalue weighted by molar-refractivity contribution is 6.32. The number of rotatable bonds is 6. The Bertz CT molecular complexity index is 767. The van der Waals surface area contributed by atoms with E-state index in [-0.39, 0.29) is 6.79 Å². The van der Waals surface area contributed by atoms with Gasteiger partial charge in [0.1, 0.15) is 25.6 Å². The first-order chi connectivity index (χ1) is 12.3. The molecule has 0 spiro atoms. The Labute approximate surface area is 150 Å². The monoisotopic (exact) mass is 363 g/mol. The Kier molecular flexibility index (Phi) is 4.72. The molecule has 1 N–H and O–H groups in total. The standard InChI is InChI=1S/C18H18ClNO5/c19-14-7-12(8-17-18(14)23-6-5-22-17)10-20-3-4-21-13-1-2-15-16(9-13)25-11-24-15/h1-2,7-9,20H,3-6,10-11H2. The first kappa shape index (κ1) is 16.2. The van der Waals surface area contributed by atoms with Crippen LogP contribution in [0, 0.1) is 0 Å². The summed E-state index contributed by atoms with van der Waals surface area (Å²) in [5.74, 6) is 3.56. The van der Waals surface area contributed by atoms with Crippen LogP contribution in [0.15, 0.2) is 30.3 Å². The molecule has 0 aliphatic carbocycles. The van der Waals surface area contributed by atoms with E-state index in [9.17, 15) is 0 Å². The molecule has 0 aromatic heterocycles. The van der Waals surface area contributed by atoms with Crippen molar-refractivity contribution in [3.05, 3.63) is 40.9 Å². The van der Waals surface area contributed by atoms with Gasteiger partial charge >= 0.3 is 0 Å². The van der Waals surface area contributed by atoms with Gasteiger partial charge in [-0.25, -0.2) is 0 Å². The summed E-state index contributed by atoms with van der Waals surface area (Å²) in [4.78, 5) is 0. The van der Waals surface area contributed by atoms with E-state index in [2.05, 4.69) is 5.32 Å². The van der Waals surface area contributed by atoms with Crippen LogP contribution < -0.4 is 29.0 Å². The number of benzene rings is 2. The van der Waals surface area contributed by atoms with Crippen molar-refractivity contribution in [1.29, 1.82) is 0 Å². The molecule has 0 bridgehead atoms. The maximum absolute atomic E-state index is 6.23. The largest absolute Gasteiger partial charge is 0.492 e. The van der Waals surface area contributed by atoms with Crippen LogP contribution in [0.2, 0.25) is 5.02 Å². The molecule has 0 radical (unpaired) electrons. The summed E-state index contributed by atoms with van der Waals surface area (Å²) in [6.45, 7) is 3.24. The van der Waals surface area contributed by atoms with E-state index in [1.807, 2.05) is 30.3 Å². The minimum Gasteiger partial charge on any atom is -0.492 e. The van der Waals surface area contributed by atoms with Crippen LogP contribution in [-0.2, 0) is 6.54 Å². The van der Waals surface area contributed by atoms with E-state index in [1.165, 1.54) is 0 Å². The summed E-state index contributed by atoms with van der Waals surface area (Å²) >= 11 is 6.23. The molecule has 0 saturated heterocycles. The van der Waals surface area contributed by atoms with Crippen LogP contribution in [-0.4, -0.2) is 33.2 Å². The molecule has 4 rings (SSSR count). The fourth-order valence-corrected chi connectivity index (χ4v) is 2.99. The molecular weight excluding hydrogens is 346 g/mol. The summed E-state index contributed by atoms with van der Waals surface area (Å²) in [7, 11) is 0.